The lowest BCUT2D eigenvalue weighted by atomic mass is 10.1. The van der Waals surface area contributed by atoms with Gasteiger partial charge in [-0.3, -0.25) is 0 Å². The molecular formula is C14H13NO2S. The van der Waals surface area contributed by atoms with Crippen LogP contribution in [0.4, 0.5) is 0 Å². The Balaban J connectivity index is 2.18. The molecule has 0 bridgehead atoms. The second kappa shape index (κ2) is 5.23. The van der Waals surface area contributed by atoms with Crippen LogP contribution in [0.15, 0.2) is 46.5 Å². The topological polar surface area (TPSA) is 50.2 Å². The molecule has 0 aliphatic heterocycles. The quantitative estimate of drug-likeness (QED) is 0.915. The minimum absolute atomic E-state index is 0.208. The summed E-state index contributed by atoms with van der Waals surface area (Å²) < 4.78 is 0. The van der Waals surface area contributed by atoms with E-state index in [-0.39, 0.29) is 5.56 Å². The Morgan fingerprint density at radius 3 is 2.50 bits per heavy atom. The van der Waals surface area contributed by atoms with E-state index in [2.05, 4.69) is 31.0 Å². The van der Waals surface area contributed by atoms with Crippen LogP contribution in [0.3, 0.4) is 0 Å². The molecule has 0 spiro atoms. The highest BCUT2D eigenvalue weighted by molar-refractivity contribution is 7.99. The second-order valence-electron chi connectivity index (χ2n) is 4.04. The van der Waals surface area contributed by atoms with E-state index in [0.29, 0.717) is 0 Å². The summed E-state index contributed by atoms with van der Waals surface area (Å²) >= 11 is 1.53. The van der Waals surface area contributed by atoms with Crippen LogP contribution < -0.4 is 0 Å². The van der Waals surface area contributed by atoms with Gasteiger partial charge in [-0.2, -0.15) is 0 Å². The van der Waals surface area contributed by atoms with Gasteiger partial charge in [0.1, 0.15) is 5.03 Å². The van der Waals surface area contributed by atoms with Gasteiger partial charge < -0.3 is 5.11 Å². The third-order valence-electron chi connectivity index (χ3n) is 2.68. The maximum atomic E-state index is 10.7. The zero-order valence-corrected chi connectivity index (χ0v) is 11.0. The Hall–Kier alpha value is -1.81. The number of rotatable bonds is 3. The number of pyridine rings is 1. The van der Waals surface area contributed by atoms with Gasteiger partial charge in [0.2, 0.25) is 0 Å². The molecule has 0 fully saturated rings. The van der Waals surface area contributed by atoms with Crippen molar-refractivity contribution in [2.75, 3.05) is 0 Å². The van der Waals surface area contributed by atoms with E-state index in [9.17, 15) is 4.79 Å². The largest absolute Gasteiger partial charge is 0.478 e. The fourth-order valence-corrected chi connectivity index (χ4v) is 2.32. The number of hydrogen-bond acceptors (Lipinski definition) is 3. The molecule has 0 saturated heterocycles. The van der Waals surface area contributed by atoms with Gasteiger partial charge in [0.05, 0.1) is 5.56 Å². The van der Waals surface area contributed by atoms with Crippen LogP contribution in [-0.4, -0.2) is 16.1 Å². The van der Waals surface area contributed by atoms with Crippen molar-refractivity contribution in [2.24, 2.45) is 0 Å². The van der Waals surface area contributed by atoms with Crippen molar-refractivity contribution in [1.29, 1.82) is 0 Å². The van der Waals surface area contributed by atoms with E-state index in [1.54, 1.807) is 12.1 Å². The van der Waals surface area contributed by atoms with Crippen LogP contribution in [0.5, 0.6) is 0 Å². The molecule has 4 heteroatoms. The first-order valence-electron chi connectivity index (χ1n) is 5.51. The van der Waals surface area contributed by atoms with E-state index in [0.717, 1.165) is 9.92 Å². The molecule has 0 aliphatic rings. The van der Waals surface area contributed by atoms with Crippen LogP contribution in [-0.2, 0) is 0 Å². The molecule has 18 heavy (non-hydrogen) atoms. The predicted molar refractivity (Wildman–Crippen MR) is 71.2 cm³/mol. The molecule has 0 atom stereocenters. The summed E-state index contributed by atoms with van der Waals surface area (Å²) in [5.74, 6) is -0.953. The Bertz CT molecular complexity index is 579. The van der Waals surface area contributed by atoms with Gasteiger partial charge in [0, 0.05) is 11.1 Å². The molecule has 0 amide bonds. The van der Waals surface area contributed by atoms with Gasteiger partial charge in [-0.25, -0.2) is 9.78 Å². The number of aromatic carboxylic acids is 1. The van der Waals surface area contributed by atoms with Crippen LogP contribution in [0, 0.1) is 13.8 Å². The van der Waals surface area contributed by atoms with Crippen LogP contribution in [0.25, 0.3) is 0 Å². The highest BCUT2D eigenvalue weighted by Gasteiger charge is 2.04. The maximum absolute atomic E-state index is 10.7. The Morgan fingerprint density at radius 1 is 1.17 bits per heavy atom. The van der Waals surface area contributed by atoms with Crippen molar-refractivity contribution >= 4 is 17.7 Å². The first kappa shape index (κ1) is 12.6. The van der Waals surface area contributed by atoms with Crippen molar-refractivity contribution in [1.82, 2.24) is 4.98 Å². The summed E-state index contributed by atoms with van der Waals surface area (Å²) in [5, 5.41) is 9.58. The number of hydrogen-bond donors (Lipinski definition) is 1. The van der Waals surface area contributed by atoms with Gasteiger partial charge in [0.25, 0.3) is 0 Å². The molecule has 3 nitrogen and oxygen atoms in total. The van der Waals surface area contributed by atoms with Crippen LogP contribution in [0.1, 0.15) is 21.5 Å². The SMILES string of the molecule is Cc1ccc(Sc2ccc(C(=O)O)cn2)cc1C. The van der Waals surface area contributed by atoms with Gasteiger partial charge in [-0.05, 0) is 49.2 Å². The average Bonchev–Trinajstić information content (AvgIpc) is 2.34. The normalized spacial score (nSPS) is 10.3. The van der Waals surface area contributed by atoms with Crippen molar-refractivity contribution in [2.45, 2.75) is 23.8 Å². The molecule has 2 rings (SSSR count). The highest BCUT2D eigenvalue weighted by atomic mass is 32.2. The summed E-state index contributed by atoms with van der Waals surface area (Å²) in [6, 6.07) is 9.51. The number of carbonyl (C=O) groups is 1. The van der Waals surface area contributed by atoms with Crippen molar-refractivity contribution in [3.63, 3.8) is 0 Å². The van der Waals surface area contributed by atoms with Gasteiger partial charge in [-0.15, -0.1) is 0 Å². The number of aromatic nitrogens is 1. The van der Waals surface area contributed by atoms with E-state index in [1.807, 2.05) is 6.07 Å². The van der Waals surface area contributed by atoms with E-state index >= 15 is 0 Å². The summed E-state index contributed by atoms with van der Waals surface area (Å²) in [4.78, 5) is 15.9. The summed E-state index contributed by atoms with van der Waals surface area (Å²) in [6.07, 6.45) is 1.38. The first-order valence-corrected chi connectivity index (χ1v) is 6.32. The molecule has 0 unspecified atom stereocenters. The smallest absolute Gasteiger partial charge is 0.337 e. The van der Waals surface area contributed by atoms with Crippen LogP contribution >= 0.6 is 11.8 Å². The third kappa shape index (κ3) is 2.90. The highest BCUT2D eigenvalue weighted by Crippen LogP contribution is 2.27. The average molecular weight is 259 g/mol. The zero-order valence-electron chi connectivity index (χ0n) is 10.2. The maximum Gasteiger partial charge on any atom is 0.337 e. The lowest BCUT2D eigenvalue weighted by Crippen LogP contribution is -1.96. The molecule has 1 N–H and O–H groups in total. The zero-order chi connectivity index (χ0) is 13.1. The molecule has 0 saturated carbocycles. The van der Waals surface area contributed by atoms with Crippen molar-refractivity contribution < 1.29 is 9.90 Å². The Kier molecular flexibility index (Phi) is 3.67. The molecule has 1 aromatic heterocycles. The second-order valence-corrected chi connectivity index (χ2v) is 5.13. The molecule has 1 heterocycles. The molecule has 92 valence electrons. The van der Waals surface area contributed by atoms with E-state index < -0.39 is 5.97 Å². The molecular weight excluding hydrogens is 246 g/mol. The summed E-state index contributed by atoms with van der Waals surface area (Å²) in [7, 11) is 0. The molecule has 0 radical (unpaired) electrons. The van der Waals surface area contributed by atoms with Gasteiger partial charge >= 0.3 is 5.97 Å². The minimum Gasteiger partial charge on any atom is -0.478 e. The molecule has 2 aromatic rings. The predicted octanol–water partition coefficient (Wildman–Crippen LogP) is 3.55. The number of aryl methyl sites for hydroxylation is 2. The summed E-state index contributed by atoms with van der Waals surface area (Å²) in [5.41, 5.74) is 2.70. The van der Waals surface area contributed by atoms with E-state index in [1.165, 1.54) is 29.1 Å². The number of benzene rings is 1. The fraction of sp³-hybridized carbons (Fsp3) is 0.143. The minimum atomic E-state index is -0.953. The summed E-state index contributed by atoms with van der Waals surface area (Å²) in [6.45, 7) is 4.14. The monoisotopic (exact) mass is 259 g/mol. The Labute approximate surface area is 110 Å². The number of nitrogens with zero attached hydrogens (tertiary/aromatic N) is 1. The third-order valence-corrected chi connectivity index (χ3v) is 3.62. The van der Waals surface area contributed by atoms with Gasteiger partial charge in [-0.1, -0.05) is 17.8 Å². The van der Waals surface area contributed by atoms with Crippen molar-refractivity contribution in [3.8, 4) is 0 Å². The first-order chi connectivity index (χ1) is 8.56. The van der Waals surface area contributed by atoms with E-state index in [4.69, 9.17) is 5.11 Å². The van der Waals surface area contributed by atoms with Crippen molar-refractivity contribution in [3.05, 3.63) is 53.2 Å². The Morgan fingerprint density at radius 2 is 1.94 bits per heavy atom. The lowest BCUT2D eigenvalue weighted by Gasteiger charge is -2.04. The van der Waals surface area contributed by atoms with Gasteiger partial charge in [0.15, 0.2) is 0 Å². The molecule has 0 aliphatic carbocycles. The number of carboxylic acids is 1. The lowest BCUT2D eigenvalue weighted by molar-refractivity contribution is 0.0696. The van der Waals surface area contributed by atoms with Crippen LogP contribution in [0.2, 0.25) is 0 Å². The fourth-order valence-electron chi connectivity index (χ4n) is 1.47. The molecule has 1 aromatic carbocycles. The standard InChI is InChI=1S/C14H13NO2S/c1-9-3-5-12(7-10(9)2)18-13-6-4-11(8-15-13)14(16)17/h3-8H,1-2H3,(H,16,17). The number of carboxylic acid groups (broad SMARTS) is 1.